The summed E-state index contributed by atoms with van der Waals surface area (Å²) in [5, 5.41) is 11.8. The van der Waals surface area contributed by atoms with Crippen molar-refractivity contribution in [1.82, 2.24) is 0 Å². The number of anilines is 10. The maximum atomic E-state index is 6.12. The average molecular weight is 1650 g/mol. The Hall–Kier alpha value is -16.0. The zero-order chi connectivity index (χ0) is 86.0. The van der Waals surface area contributed by atoms with Crippen molar-refractivity contribution in [3.8, 4) is 44.5 Å². The summed E-state index contributed by atoms with van der Waals surface area (Å²) < 4.78 is 18.3. The van der Waals surface area contributed by atoms with E-state index in [4.69, 9.17) is 13.3 Å². The minimum Gasteiger partial charge on any atom is -0.456 e. The van der Waals surface area contributed by atoms with Crippen LogP contribution in [-0.4, -0.2) is 13.1 Å². The van der Waals surface area contributed by atoms with Crippen molar-refractivity contribution in [2.24, 2.45) is 0 Å². The average Bonchev–Trinajstić information content (AvgIpc) is 1.59. The molecule has 22 aromatic rings. The molecule has 7 nitrogen and oxygen atoms in total. The van der Waals surface area contributed by atoms with E-state index in [2.05, 4.69) is 448 Å². The molecular formula is C121H94N4O3. The molecule has 3 aromatic heterocycles. The van der Waals surface area contributed by atoms with Gasteiger partial charge in [-0.1, -0.05) is 285 Å². The van der Waals surface area contributed by atoms with Crippen molar-refractivity contribution < 1.29 is 13.3 Å². The van der Waals surface area contributed by atoms with Crippen molar-refractivity contribution in [2.45, 2.75) is 47.0 Å². The normalized spacial score (nSPS) is 11.6. The molecule has 0 amide bonds. The van der Waals surface area contributed by atoms with Gasteiger partial charge >= 0.3 is 0 Å². The third-order valence-electron chi connectivity index (χ3n) is 25.1. The van der Waals surface area contributed by atoms with Crippen molar-refractivity contribution in [1.29, 1.82) is 0 Å². The number of rotatable bonds is 22. The van der Waals surface area contributed by atoms with E-state index in [9.17, 15) is 0 Å². The second-order valence-corrected chi connectivity index (χ2v) is 33.7. The number of nitrogens with zero attached hydrogens (tertiary/aromatic N) is 4. The van der Waals surface area contributed by atoms with Crippen LogP contribution in [0.5, 0.6) is 0 Å². The Balaban J connectivity index is 0.000000172. The predicted molar refractivity (Wildman–Crippen MR) is 542 cm³/mol. The van der Waals surface area contributed by atoms with Gasteiger partial charge in [0, 0.05) is 102 Å². The van der Waals surface area contributed by atoms with Crippen LogP contribution < -0.4 is 19.6 Å². The lowest BCUT2D eigenvalue weighted by atomic mass is 9.99. The number of aryl methyl sites for hydroxylation is 3. The van der Waals surface area contributed by atoms with Gasteiger partial charge in [0.1, 0.15) is 33.5 Å². The number of hydrogen-bond donors (Lipinski definition) is 0. The Kier molecular flexibility index (Phi) is 21.7. The highest BCUT2D eigenvalue weighted by Gasteiger charge is 2.21. The van der Waals surface area contributed by atoms with Gasteiger partial charge in [0.15, 0.2) is 0 Å². The molecule has 0 aliphatic heterocycles. The van der Waals surface area contributed by atoms with Crippen molar-refractivity contribution in [2.75, 3.05) is 32.7 Å². The summed E-state index contributed by atoms with van der Waals surface area (Å²) in [6.07, 6.45) is 7.75. The summed E-state index contributed by atoms with van der Waals surface area (Å²) in [4.78, 5) is 9.57. The lowest BCUT2D eigenvalue weighted by molar-refractivity contribution is 0.668. The second kappa shape index (κ2) is 35.0. The third kappa shape index (κ3) is 16.4. The highest BCUT2D eigenvalue weighted by atomic mass is 16.3. The van der Waals surface area contributed by atoms with Crippen LogP contribution in [0.4, 0.5) is 56.9 Å². The SMILES string of the molecule is CCCCN(CCc1ccc(N(c2ccc(C)cc2)c2ccc(-c3ccc4oc5ccccc5c4c3)cc2)cc1)c1ccc2ccccc2c1.Cc1ccc(N(c2ccc(/C=C/c3ccc(N(c4ccc(C)cc4)c4ccc5cc(-c6ccc7oc8ccccc8c7c6)ccc5c4)cc3)cc2)c2ccc(-c3ccc(-c4ccc5oc6ccccc6c5c4)cc3)cc2)cc1. The van der Waals surface area contributed by atoms with Gasteiger partial charge in [0.2, 0.25) is 0 Å². The maximum Gasteiger partial charge on any atom is 0.135 e. The van der Waals surface area contributed by atoms with Gasteiger partial charge in [-0.25, -0.2) is 0 Å². The lowest BCUT2D eigenvalue weighted by Crippen LogP contribution is -2.27. The number of fused-ring (bicyclic) bond motifs is 11. The quantitative estimate of drug-likeness (QED) is 0.0627. The largest absolute Gasteiger partial charge is 0.456 e. The van der Waals surface area contributed by atoms with Crippen LogP contribution in [-0.2, 0) is 6.42 Å². The summed E-state index contributed by atoms with van der Waals surface area (Å²) >= 11 is 0. The van der Waals surface area contributed by atoms with E-state index in [1.54, 1.807) is 0 Å². The Labute approximate surface area is 746 Å². The molecule has 0 saturated carbocycles. The zero-order valence-corrected chi connectivity index (χ0v) is 72.1. The first-order chi connectivity index (χ1) is 63.0. The lowest BCUT2D eigenvalue weighted by Gasteiger charge is -2.27. The van der Waals surface area contributed by atoms with Crippen molar-refractivity contribution in [3.05, 3.63) is 458 Å². The van der Waals surface area contributed by atoms with Crippen LogP contribution in [0.15, 0.2) is 438 Å². The zero-order valence-electron chi connectivity index (χ0n) is 72.1. The molecule has 0 unspecified atom stereocenters. The molecule has 3 heterocycles. The molecule has 128 heavy (non-hydrogen) atoms. The Bertz CT molecular complexity index is 7780. The minimum atomic E-state index is 0.908. The van der Waals surface area contributed by atoms with E-state index in [-0.39, 0.29) is 0 Å². The van der Waals surface area contributed by atoms with Gasteiger partial charge in [-0.05, 0) is 298 Å². The number of unbranched alkanes of at least 4 members (excludes halogenated alkanes) is 1. The fraction of sp³-hybridized carbons (Fsp3) is 0.0744. The monoisotopic (exact) mass is 1650 g/mol. The van der Waals surface area contributed by atoms with Gasteiger partial charge < -0.3 is 32.9 Å². The van der Waals surface area contributed by atoms with Gasteiger partial charge in [0.05, 0.1) is 0 Å². The van der Waals surface area contributed by atoms with E-state index < -0.39 is 0 Å². The molecule has 0 fully saturated rings. The summed E-state index contributed by atoms with van der Waals surface area (Å²) in [6, 6.07) is 153. The third-order valence-corrected chi connectivity index (χ3v) is 25.1. The van der Waals surface area contributed by atoms with Gasteiger partial charge in [-0.2, -0.15) is 0 Å². The number of benzene rings is 19. The molecule has 0 atom stereocenters. The first kappa shape index (κ1) is 79.2. The molecule has 0 aliphatic carbocycles. The van der Waals surface area contributed by atoms with Crippen molar-refractivity contribution >= 4 is 156 Å². The first-order valence-electron chi connectivity index (χ1n) is 44.4. The van der Waals surface area contributed by atoms with Crippen LogP contribution in [0.2, 0.25) is 0 Å². The molecule has 22 rings (SSSR count). The molecule has 19 aromatic carbocycles. The maximum absolute atomic E-state index is 6.12. The Morgan fingerprint density at radius 1 is 0.219 bits per heavy atom. The summed E-state index contributed by atoms with van der Waals surface area (Å²) in [5.74, 6) is 0. The summed E-state index contributed by atoms with van der Waals surface area (Å²) in [6.45, 7) is 10.7. The van der Waals surface area contributed by atoms with Crippen molar-refractivity contribution in [3.63, 3.8) is 0 Å². The predicted octanol–water partition coefficient (Wildman–Crippen LogP) is 34.4. The standard InChI is InChI=1S/C74H52N2O2.C47H42N2O/c1-49-11-32-61(33-12-49)75(65-40-27-54(28-41-65)53-21-23-55(24-22-53)59-30-43-73-69(47-59)67-7-3-5-9-71(67)77-73)63-36-17-51(18-37-63)15-16-52-19-38-64(39-20-52)76(62-34-13-50(2)14-35-62)66-42-29-57-45-56(25-26-58(57)46-66)60-31-44-74-70(48-60)68-8-4-6-10-72(68)78-74;1-3-4-30-48(43-27-19-36-9-5-6-10-38(36)32-43)31-29-35-15-23-41(24-16-35)49(40-21-13-34(2)14-22-40)42-25-17-37(18-26-42)39-20-28-47-45(33-39)44-11-7-8-12-46(44)50-47/h3-48H,1-2H3;5-28,32-33H,3-4,29-31H2,1-2H3/b16-15+;. The Morgan fingerprint density at radius 2 is 0.500 bits per heavy atom. The van der Waals surface area contributed by atoms with E-state index in [0.717, 1.165) is 148 Å². The van der Waals surface area contributed by atoms with Gasteiger partial charge in [-0.3, -0.25) is 0 Å². The molecular weight excluding hydrogens is 1560 g/mol. The number of furan rings is 3. The molecule has 0 N–H and O–H groups in total. The van der Waals surface area contributed by atoms with Crippen LogP contribution >= 0.6 is 0 Å². The number of hydrogen-bond acceptors (Lipinski definition) is 7. The van der Waals surface area contributed by atoms with Gasteiger partial charge in [0.25, 0.3) is 0 Å². The first-order valence-corrected chi connectivity index (χ1v) is 44.4. The van der Waals surface area contributed by atoms with E-state index in [0.29, 0.717) is 0 Å². The second-order valence-electron chi connectivity index (χ2n) is 33.7. The Morgan fingerprint density at radius 3 is 0.938 bits per heavy atom. The molecule has 0 bridgehead atoms. The molecule has 0 saturated heterocycles. The van der Waals surface area contributed by atoms with Crippen LogP contribution in [0.25, 0.3) is 144 Å². The fourth-order valence-electron chi connectivity index (χ4n) is 18.0. The van der Waals surface area contributed by atoms with Crippen LogP contribution in [0.3, 0.4) is 0 Å². The molecule has 0 radical (unpaired) electrons. The van der Waals surface area contributed by atoms with Crippen LogP contribution in [0.1, 0.15) is 53.1 Å². The highest BCUT2D eigenvalue weighted by Crippen LogP contribution is 2.44. The molecule has 0 aliphatic rings. The summed E-state index contributed by atoms with van der Waals surface area (Å²) in [7, 11) is 0. The van der Waals surface area contributed by atoms with Gasteiger partial charge in [-0.15, -0.1) is 0 Å². The van der Waals surface area contributed by atoms with Crippen LogP contribution in [0, 0.1) is 20.8 Å². The topological polar surface area (TPSA) is 52.4 Å². The van der Waals surface area contributed by atoms with E-state index in [1.165, 1.54) is 107 Å². The van der Waals surface area contributed by atoms with E-state index >= 15 is 0 Å². The molecule has 616 valence electrons. The highest BCUT2D eigenvalue weighted by molar-refractivity contribution is 6.09. The minimum absolute atomic E-state index is 0.908. The fourth-order valence-corrected chi connectivity index (χ4v) is 18.0. The smallest absolute Gasteiger partial charge is 0.135 e. The summed E-state index contributed by atoms with van der Waals surface area (Å²) in [5.41, 5.74) is 33.5. The number of para-hydroxylation sites is 3. The van der Waals surface area contributed by atoms with E-state index in [1.807, 2.05) is 36.4 Å². The molecule has 7 heteroatoms. The molecule has 0 spiro atoms.